The zero-order valence-electron chi connectivity index (χ0n) is 13.5. The summed E-state index contributed by atoms with van der Waals surface area (Å²) in [5.41, 5.74) is 3.12. The van der Waals surface area contributed by atoms with Gasteiger partial charge < -0.3 is 9.64 Å². The number of benzene rings is 1. The van der Waals surface area contributed by atoms with Crippen LogP contribution in [-0.4, -0.2) is 40.0 Å². The normalized spacial score (nSPS) is 15.5. The van der Waals surface area contributed by atoms with Crippen molar-refractivity contribution in [2.24, 2.45) is 0 Å². The van der Waals surface area contributed by atoms with E-state index in [4.69, 9.17) is 4.74 Å². The van der Waals surface area contributed by atoms with Crippen LogP contribution in [0.25, 0.3) is 0 Å². The van der Waals surface area contributed by atoms with Crippen molar-refractivity contribution in [1.29, 1.82) is 0 Å². The van der Waals surface area contributed by atoms with Gasteiger partial charge in [0.25, 0.3) is 5.91 Å². The molecular weight excluding hydrogens is 290 g/mol. The lowest BCUT2D eigenvalue weighted by Crippen LogP contribution is -2.42. The van der Waals surface area contributed by atoms with Gasteiger partial charge in [0.05, 0.1) is 0 Å². The van der Waals surface area contributed by atoms with Gasteiger partial charge in [-0.25, -0.2) is 9.97 Å². The average molecular weight is 311 g/mol. The Morgan fingerprint density at radius 3 is 2.48 bits per heavy atom. The fourth-order valence-electron chi connectivity index (χ4n) is 2.73. The number of likely N-dealkylation sites (tertiary alicyclic amines) is 1. The molecule has 0 saturated carbocycles. The second-order valence-electron chi connectivity index (χ2n) is 5.94. The van der Waals surface area contributed by atoms with Crippen LogP contribution in [-0.2, 0) is 0 Å². The van der Waals surface area contributed by atoms with Crippen molar-refractivity contribution in [2.45, 2.75) is 32.8 Å². The summed E-state index contributed by atoms with van der Waals surface area (Å²) >= 11 is 0. The number of rotatable bonds is 3. The predicted molar refractivity (Wildman–Crippen MR) is 87.5 cm³/mol. The Morgan fingerprint density at radius 1 is 1.13 bits per heavy atom. The fraction of sp³-hybridized carbons (Fsp3) is 0.389. The van der Waals surface area contributed by atoms with Gasteiger partial charge in [-0.3, -0.25) is 4.79 Å². The number of ether oxygens (including phenoxy) is 1. The number of carbonyl (C=O) groups is 1. The minimum absolute atomic E-state index is 0.0706. The molecule has 1 fully saturated rings. The maximum atomic E-state index is 12.6. The van der Waals surface area contributed by atoms with E-state index >= 15 is 0 Å². The van der Waals surface area contributed by atoms with Gasteiger partial charge in [-0.05, 0) is 43.2 Å². The average Bonchev–Trinajstić information content (AvgIpc) is 2.58. The highest BCUT2D eigenvalue weighted by atomic mass is 16.5. The number of hydrogen-bond donors (Lipinski definition) is 0. The number of amides is 1. The Balaban J connectivity index is 1.58. The van der Waals surface area contributed by atoms with E-state index < -0.39 is 0 Å². The maximum absolute atomic E-state index is 12.6. The molecule has 0 bridgehead atoms. The Morgan fingerprint density at radius 2 is 1.83 bits per heavy atom. The molecule has 2 heterocycles. The van der Waals surface area contributed by atoms with Gasteiger partial charge in [0.2, 0.25) is 0 Å². The molecule has 120 valence electrons. The molecule has 1 aliphatic heterocycles. The molecule has 1 aromatic carbocycles. The van der Waals surface area contributed by atoms with Crippen molar-refractivity contribution in [2.75, 3.05) is 13.1 Å². The second kappa shape index (κ2) is 6.77. The molecule has 2 aromatic rings. The molecule has 1 amide bonds. The van der Waals surface area contributed by atoms with Crippen LogP contribution in [0.1, 0.15) is 34.3 Å². The highest BCUT2D eigenvalue weighted by Gasteiger charge is 2.25. The highest BCUT2D eigenvalue weighted by Crippen LogP contribution is 2.18. The van der Waals surface area contributed by atoms with E-state index in [2.05, 4.69) is 16.9 Å². The number of hydrogen-bond acceptors (Lipinski definition) is 4. The van der Waals surface area contributed by atoms with Gasteiger partial charge in [0, 0.05) is 43.9 Å². The Labute approximate surface area is 136 Å². The number of carbonyl (C=O) groups excluding carboxylic acids is 1. The monoisotopic (exact) mass is 311 g/mol. The molecule has 5 heteroatoms. The summed E-state index contributed by atoms with van der Waals surface area (Å²) < 4.78 is 5.76. The fourth-order valence-corrected chi connectivity index (χ4v) is 2.73. The standard InChI is InChI=1S/C18H21N3O2/c1-13-4-5-15(12-14(13)2)17(22)21-10-6-16(7-11-21)23-18-19-8-3-9-20-18/h3-5,8-9,12,16H,6-7,10-11H2,1-2H3. The molecular formula is C18H21N3O2. The van der Waals surface area contributed by atoms with Crippen molar-refractivity contribution in [3.8, 4) is 6.01 Å². The first-order valence-electron chi connectivity index (χ1n) is 7.93. The van der Waals surface area contributed by atoms with Crippen LogP contribution in [0.15, 0.2) is 36.7 Å². The first kappa shape index (κ1) is 15.5. The molecule has 0 aliphatic carbocycles. The van der Waals surface area contributed by atoms with Crippen LogP contribution in [0.2, 0.25) is 0 Å². The van der Waals surface area contributed by atoms with Crippen molar-refractivity contribution in [1.82, 2.24) is 14.9 Å². The molecule has 1 aliphatic rings. The van der Waals surface area contributed by atoms with E-state index in [1.54, 1.807) is 18.5 Å². The number of piperidine rings is 1. The lowest BCUT2D eigenvalue weighted by molar-refractivity contribution is 0.0578. The van der Waals surface area contributed by atoms with Crippen molar-refractivity contribution in [3.05, 3.63) is 53.3 Å². The highest BCUT2D eigenvalue weighted by molar-refractivity contribution is 5.94. The SMILES string of the molecule is Cc1ccc(C(=O)N2CCC(Oc3ncccn3)CC2)cc1C. The van der Waals surface area contributed by atoms with Gasteiger partial charge in [0.15, 0.2) is 0 Å². The minimum Gasteiger partial charge on any atom is -0.460 e. The summed E-state index contributed by atoms with van der Waals surface area (Å²) in [5, 5.41) is 0. The molecule has 5 nitrogen and oxygen atoms in total. The van der Waals surface area contributed by atoms with E-state index in [0.29, 0.717) is 19.1 Å². The summed E-state index contributed by atoms with van der Waals surface area (Å²) in [5.74, 6) is 0.0995. The first-order chi connectivity index (χ1) is 11.1. The van der Waals surface area contributed by atoms with Crippen molar-refractivity contribution < 1.29 is 9.53 Å². The van der Waals surface area contributed by atoms with Gasteiger partial charge >= 0.3 is 6.01 Å². The smallest absolute Gasteiger partial charge is 0.316 e. The zero-order chi connectivity index (χ0) is 16.2. The third kappa shape index (κ3) is 3.67. The lowest BCUT2D eigenvalue weighted by Gasteiger charge is -2.31. The topological polar surface area (TPSA) is 55.3 Å². The second-order valence-corrected chi connectivity index (χ2v) is 5.94. The molecule has 0 unspecified atom stereocenters. The largest absolute Gasteiger partial charge is 0.460 e. The van der Waals surface area contributed by atoms with Gasteiger partial charge in [-0.2, -0.15) is 0 Å². The number of aryl methyl sites for hydroxylation is 2. The van der Waals surface area contributed by atoms with E-state index in [9.17, 15) is 4.79 Å². The molecule has 1 saturated heterocycles. The molecule has 0 spiro atoms. The number of aromatic nitrogens is 2. The minimum atomic E-state index is 0.0706. The van der Waals surface area contributed by atoms with Crippen LogP contribution >= 0.6 is 0 Å². The van der Waals surface area contributed by atoms with E-state index in [0.717, 1.165) is 24.0 Å². The summed E-state index contributed by atoms with van der Waals surface area (Å²) in [6, 6.07) is 8.05. The molecule has 23 heavy (non-hydrogen) atoms. The van der Waals surface area contributed by atoms with Crippen LogP contribution < -0.4 is 4.74 Å². The number of nitrogens with zero attached hydrogens (tertiary/aromatic N) is 3. The Kier molecular flexibility index (Phi) is 4.55. The van der Waals surface area contributed by atoms with Crippen LogP contribution in [0.4, 0.5) is 0 Å². The first-order valence-corrected chi connectivity index (χ1v) is 7.93. The van der Waals surface area contributed by atoms with Crippen LogP contribution in [0.3, 0.4) is 0 Å². The summed E-state index contributed by atoms with van der Waals surface area (Å²) in [6.07, 6.45) is 5.01. The Hall–Kier alpha value is -2.43. The molecule has 0 atom stereocenters. The van der Waals surface area contributed by atoms with Crippen LogP contribution in [0, 0.1) is 13.8 Å². The molecule has 3 rings (SSSR count). The van der Waals surface area contributed by atoms with Crippen molar-refractivity contribution in [3.63, 3.8) is 0 Å². The Bertz CT molecular complexity index is 680. The predicted octanol–water partition coefficient (Wildman–Crippen LogP) is 2.78. The van der Waals surface area contributed by atoms with Crippen LogP contribution in [0.5, 0.6) is 6.01 Å². The third-order valence-corrected chi connectivity index (χ3v) is 4.30. The summed E-state index contributed by atoms with van der Waals surface area (Å²) in [7, 11) is 0. The van der Waals surface area contributed by atoms with Gasteiger partial charge in [-0.1, -0.05) is 6.07 Å². The summed E-state index contributed by atoms with van der Waals surface area (Å²) in [4.78, 5) is 22.6. The van der Waals surface area contributed by atoms with Gasteiger partial charge in [-0.15, -0.1) is 0 Å². The molecule has 1 aromatic heterocycles. The zero-order valence-corrected chi connectivity index (χ0v) is 13.5. The van der Waals surface area contributed by atoms with E-state index in [1.165, 1.54) is 5.56 Å². The van der Waals surface area contributed by atoms with E-state index in [-0.39, 0.29) is 12.0 Å². The lowest BCUT2D eigenvalue weighted by atomic mass is 10.0. The molecule has 0 radical (unpaired) electrons. The quantitative estimate of drug-likeness (QED) is 0.874. The van der Waals surface area contributed by atoms with E-state index in [1.807, 2.05) is 30.0 Å². The van der Waals surface area contributed by atoms with Gasteiger partial charge in [0.1, 0.15) is 6.10 Å². The van der Waals surface area contributed by atoms with Crippen molar-refractivity contribution >= 4 is 5.91 Å². The summed E-state index contributed by atoms with van der Waals surface area (Å²) in [6.45, 7) is 5.48. The maximum Gasteiger partial charge on any atom is 0.316 e. The third-order valence-electron chi connectivity index (χ3n) is 4.30. The molecule has 0 N–H and O–H groups in total.